The second-order valence-electron chi connectivity index (χ2n) is 7.67. The molecule has 0 saturated heterocycles. The van der Waals surface area contributed by atoms with Crippen LogP contribution in [0.15, 0.2) is 46.9 Å². The SMILES string of the molecule is COCO[C@H]1CCC=C2C(C)(C)C(=O)C(=O)[C@@H](Sc3ccccc3)[C@@]21C. The molecule has 2 aliphatic rings. The van der Waals surface area contributed by atoms with Crippen LogP contribution in [0.4, 0.5) is 0 Å². The average Bonchev–Trinajstić information content (AvgIpc) is 2.63. The Morgan fingerprint density at radius 2 is 1.85 bits per heavy atom. The first kappa shape index (κ1) is 19.3. The fourth-order valence-electron chi connectivity index (χ4n) is 4.35. The molecule has 0 N–H and O–H groups in total. The summed E-state index contributed by atoms with van der Waals surface area (Å²) in [6.07, 6.45) is 3.63. The maximum atomic E-state index is 13.1. The monoisotopic (exact) mass is 374 g/mol. The van der Waals surface area contributed by atoms with Crippen molar-refractivity contribution in [2.75, 3.05) is 13.9 Å². The van der Waals surface area contributed by atoms with Gasteiger partial charge in [0.05, 0.1) is 16.8 Å². The van der Waals surface area contributed by atoms with Crippen LogP contribution in [0.2, 0.25) is 0 Å². The molecule has 0 amide bonds. The van der Waals surface area contributed by atoms with Crippen molar-refractivity contribution < 1.29 is 19.1 Å². The number of hydrogen-bond acceptors (Lipinski definition) is 5. The summed E-state index contributed by atoms with van der Waals surface area (Å²) in [5.74, 6) is -0.613. The van der Waals surface area contributed by atoms with Gasteiger partial charge >= 0.3 is 0 Å². The molecule has 5 heteroatoms. The molecule has 0 aromatic heterocycles. The van der Waals surface area contributed by atoms with Gasteiger partial charge in [0.1, 0.15) is 6.79 Å². The number of methoxy groups -OCH3 is 1. The number of carbonyl (C=O) groups is 2. The fourth-order valence-corrected chi connectivity index (χ4v) is 5.67. The Hall–Kier alpha value is -1.43. The average molecular weight is 375 g/mol. The number of ketones is 2. The zero-order valence-electron chi connectivity index (χ0n) is 15.8. The summed E-state index contributed by atoms with van der Waals surface area (Å²) < 4.78 is 11.1. The van der Waals surface area contributed by atoms with Crippen LogP contribution in [0.5, 0.6) is 0 Å². The Morgan fingerprint density at radius 3 is 2.50 bits per heavy atom. The summed E-state index contributed by atoms with van der Waals surface area (Å²) in [4.78, 5) is 27.0. The number of allylic oxidation sites excluding steroid dienone is 1. The highest BCUT2D eigenvalue weighted by atomic mass is 32.2. The zero-order valence-corrected chi connectivity index (χ0v) is 16.6. The third kappa shape index (κ3) is 3.06. The van der Waals surface area contributed by atoms with Gasteiger partial charge in [-0.3, -0.25) is 9.59 Å². The van der Waals surface area contributed by atoms with Crippen molar-refractivity contribution in [2.24, 2.45) is 10.8 Å². The number of benzene rings is 1. The predicted octanol–water partition coefficient (Wildman–Crippen LogP) is 4.04. The van der Waals surface area contributed by atoms with Crippen molar-refractivity contribution in [3.8, 4) is 0 Å². The van der Waals surface area contributed by atoms with E-state index in [1.807, 2.05) is 44.2 Å². The molecule has 1 saturated carbocycles. The molecule has 1 aromatic carbocycles. The third-order valence-electron chi connectivity index (χ3n) is 5.66. The van der Waals surface area contributed by atoms with Crippen LogP contribution in [-0.2, 0) is 19.1 Å². The molecule has 0 unspecified atom stereocenters. The summed E-state index contributed by atoms with van der Waals surface area (Å²) >= 11 is 1.47. The molecule has 0 aliphatic heterocycles. The molecule has 2 aliphatic carbocycles. The first-order chi connectivity index (χ1) is 12.3. The van der Waals surface area contributed by atoms with Crippen molar-refractivity contribution in [3.05, 3.63) is 42.0 Å². The molecular weight excluding hydrogens is 348 g/mol. The quantitative estimate of drug-likeness (QED) is 0.442. The van der Waals surface area contributed by atoms with Gasteiger partial charge in [0, 0.05) is 17.4 Å². The minimum absolute atomic E-state index is 0.167. The Labute approximate surface area is 159 Å². The summed E-state index contributed by atoms with van der Waals surface area (Å²) in [6, 6.07) is 9.78. The molecule has 1 aromatic rings. The van der Waals surface area contributed by atoms with Gasteiger partial charge in [-0.15, -0.1) is 11.8 Å². The highest BCUT2D eigenvalue weighted by Crippen LogP contribution is 2.57. The Morgan fingerprint density at radius 1 is 1.15 bits per heavy atom. The number of Topliss-reactive ketones (excluding diaryl/α,β-unsaturated/α-hetero) is 2. The summed E-state index contributed by atoms with van der Waals surface area (Å²) in [5, 5.41) is -0.501. The molecule has 0 bridgehead atoms. The summed E-state index contributed by atoms with van der Waals surface area (Å²) in [5.41, 5.74) is -0.323. The summed E-state index contributed by atoms with van der Waals surface area (Å²) in [7, 11) is 1.59. The van der Waals surface area contributed by atoms with Gasteiger partial charge in [-0.05, 0) is 38.8 Å². The van der Waals surface area contributed by atoms with Gasteiger partial charge in [0.2, 0.25) is 11.6 Å². The highest BCUT2D eigenvalue weighted by Gasteiger charge is 2.61. The van der Waals surface area contributed by atoms with Crippen LogP contribution in [0.3, 0.4) is 0 Å². The molecular formula is C21H26O4S. The molecule has 3 atom stereocenters. The van der Waals surface area contributed by atoms with Gasteiger partial charge in [0.15, 0.2) is 0 Å². The number of ether oxygens (including phenoxy) is 2. The first-order valence-electron chi connectivity index (χ1n) is 8.95. The topological polar surface area (TPSA) is 52.6 Å². The second-order valence-corrected chi connectivity index (χ2v) is 8.85. The van der Waals surface area contributed by atoms with E-state index >= 15 is 0 Å². The van der Waals surface area contributed by atoms with E-state index in [0.717, 1.165) is 23.3 Å². The number of thioether (sulfide) groups is 1. The van der Waals surface area contributed by atoms with E-state index in [-0.39, 0.29) is 24.5 Å². The largest absolute Gasteiger partial charge is 0.359 e. The Bertz CT molecular complexity index is 725. The zero-order chi connectivity index (χ0) is 18.9. The lowest BCUT2D eigenvalue weighted by molar-refractivity contribution is -0.152. The van der Waals surface area contributed by atoms with Gasteiger partial charge in [0.25, 0.3) is 0 Å². The van der Waals surface area contributed by atoms with Crippen LogP contribution < -0.4 is 0 Å². The van der Waals surface area contributed by atoms with Crippen molar-refractivity contribution in [2.45, 2.75) is 49.9 Å². The lowest BCUT2D eigenvalue weighted by Gasteiger charge is -2.53. The van der Waals surface area contributed by atoms with Crippen molar-refractivity contribution in [1.82, 2.24) is 0 Å². The molecule has 140 valence electrons. The van der Waals surface area contributed by atoms with Gasteiger partial charge in [-0.1, -0.05) is 36.8 Å². The fraction of sp³-hybridized carbons (Fsp3) is 0.524. The summed E-state index contributed by atoms with van der Waals surface area (Å²) in [6.45, 7) is 5.97. The van der Waals surface area contributed by atoms with E-state index in [4.69, 9.17) is 9.47 Å². The minimum atomic E-state index is -0.797. The van der Waals surface area contributed by atoms with Crippen LogP contribution >= 0.6 is 11.8 Å². The molecule has 0 spiro atoms. The van der Waals surface area contributed by atoms with E-state index in [0.29, 0.717) is 0 Å². The van der Waals surface area contributed by atoms with Crippen molar-refractivity contribution in [1.29, 1.82) is 0 Å². The molecule has 3 rings (SSSR count). The van der Waals surface area contributed by atoms with E-state index in [1.165, 1.54) is 11.8 Å². The van der Waals surface area contributed by atoms with Crippen molar-refractivity contribution >= 4 is 23.3 Å². The van der Waals surface area contributed by atoms with Gasteiger partial charge in [-0.25, -0.2) is 0 Å². The first-order valence-corrected chi connectivity index (χ1v) is 9.83. The molecule has 4 nitrogen and oxygen atoms in total. The smallest absolute Gasteiger partial charge is 0.213 e. The van der Waals surface area contributed by atoms with Gasteiger partial charge < -0.3 is 9.47 Å². The molecule has 26 heavy (non-hydrogen) atoms. The number of fused-ring (bicyclic) bond motifs is 1. The van der Waals surface area contributed by atoms with Crippen LogP contribution in [-0.4, -0.2) is 36.8 Å². The van der Waals surface area contributed by atoms with Crippen molar-refractivity contribution in [3.63, 3.8) is 0 Å². The Balaban J connectivity index is 2.07. The maximum Gasteiger partial charge on any atom is 0.213 e. The number of rotatable bonds is 5. The van der Waals surface area contributed by atoms with Crippen LogP contribution in [0.25, 0.3) is 0 Å². The van der Waals surface area contributed by atoms with Gasteiger partial charge in [-0.2, -0.15) is 0 Å². The van der Waals surface area contributed by atoms with E-state index < -0.39 is 16.1 Å². The predicted molar refractivity (Wildman–Crippen MR) is 102 cm³/mol. The molecule has 1 fully saturated rings. The molecule has 0 radical (unpaired) electrons. The number of hydrogen-bond donors (Lipinski definition) is 0. The van der Waals surface area contributed by atoms with E-state index in [9.17, 15) is 9.59 Å². The van der Waals surface area contributed by atoms with Crippen LogP contribution in [0.1, 0.15) is 33.6 Å². The maximum absolute atomic E-state index is 13.1. The third-order valence-corrected chi connectivity index (χ3v) is 7.14. The number of carbonyl (C=O) groups excluding carboxylic acids is 2. The minimum Gasteiger partial charge on any atom is -0.359 e. The molecule has 0 heterocycles. The van der Waals surface area contributed by atoms with Crippen LogP contribution in [0, 0.1) is 10.8 Å². The van der Waals surface area contributed by atoms with E-state index in [1.54, 1.807) is 7.11 Å². The standard InChI is InChI=1S/C21H26O4S/c1-20(2)15-11-8-12-16(25-13-24-4)21(15,3)19(17(22)18(20)23)26-14-9-6-5-7-10-14/h5-7,9-11,16,19H,8,12-13H2,1-4H3/t16-,19+,21-/m0/s1. The lowest BCUT2D eigenvalue weighted by Crippen LogP contribution is -2.60. The highest BCUT2D eigenvalue weighted by molar-refractivity contribution is 8.00. The second kappa shape index (κ2) is 7.29. The normalized spacial score (nSPS) is 30.7. The lowest BCUT2D eigenvalue weighted by atomic mass is 9.54. The Kier molecular flexibility index (Phi) is 5.42. The van der Waals surface area contributed by atoms with E-state index in [2.05, 4.69) is 13.0 Å².